The van der Waals surface area contributed by atoms with Crippen LogP contribution in [-0.2, 0) is 12.7 Å². The van der Waals surface area contributed by atoms with Crippen LogP contribution in [0.4, 0.5) is 13.2 Å². The molecule has 2 fully saturated rings. The molecular weight excluding hydrogens is 555 g/mol. The number of rotatable bonds is 9. The van der Waals surface area contributed by atoms with Gasteiger partial charge in [0.15, 0.2) is 5.78 Å². The first kappa shape index (κ1) is 29.0. The van der Waals surface area contributed by atoms with Crippen molar-refractivity contribution in [2.45, 2.75) is 58.2 Å². The van der Waals surface area contributed by atoms with Gasteiger partial charge in [0.25, 0.3) is 5.91 Å². The smallest absolute Gasteiger partial charge is 0.416 e. The van der Waals surface area contributed by atoms with Gasteiger partial charge in [-0.05, 0) is 104 Å². The third-order valence-corrected chi connectivity index (χ3v) is 8.65. The molecule has 9 heteroatoms. The molecule has 2 heterocycles. The third kappa shape index (κ3) is 6.76. The van der Waals surface area contributed by atoms with Crippen LogP contribution in [0.3, 0.4) is 0 Å². The second kappa shape index (κ2) is 11.9. The molecule has 43 heavy (non-hydrogen) atoms. The van der Waals surface area contributed by atoms with Gasteiger partial charge in [-0.15, -0.1) is 0 Å². The minimum atomic E-state index is -4.40. The van der Waals surface area contributed by atoms with Crippen LogP contribution >= 0.6 is 0 Å². The number of hydrogen-bond acceptors (Lipinski definition) is 4. The second-order valence-corrected chi connectivity index (χ2v) is 11.8. The molecule has 0 atom stereocenters. The summed E-state index contributed by atoms with van der Waals surface area (Å²) in [6.07, 6.45) is 3.49. The number of nitrogens with zero attached hydrogens (tertiary/aromatic N) is 3. The number of halogens is 3. The number of ketones is 1. The monoisotopic (exact) mass is 589 g/mol. The molecule has 6 nitrogen and oxygen atoms in total. The number of likely N-dealkylation sites (tertiary alicyclic amines) is 1. The minimum Gasteiger partial charge on any atom is -0.457 e. The van der Waals surface area contributed by atoms with Crippen LogP contribution in [0.1, 0.15) is 70.4 Å². The number of amides is 1. The molecule has 1 aromatic heterocycles. The van der Waals surface area contributed by atoms with Gasteiger partial charge in [-0.1, -0.05) is 12.8 Å². The van der Waals surface area contributed by atoms with E-state index in [4.69, 9.17) is 9.84 Å². The van der Waals surface area contributed by atoms with E-state index >= 15 is 0 Å². The predicted octanol–water partition coefficient (Wildman–Crippen LogP) is 8.08. The van der Waals surface area contributed by atoms with Crippen LogP contribution < -0.4 is 4.74 Å². The number of hydrogen-bond donors (Lipinski definition) is 0. The molecule has 224 valence electrons. The van der Waals surface area contributed by atoms with Crippen molar-refractivity contribution in [3.63, 3.8) is 0 Å². The molecule has 1 amide bonds. The summed E-state index contributed by atoms with van der Waals surface area (Å²) in [6.45, 7) is 4.06. The summed E-state index contributed by atoms with van der Waals surface area (Å²) in [5.74, 6) is 2.01. The van der Waals surface area contributed by atoms with Gasteiger partial charge in [-0.3, -0.25) is 14.3 Å². The fraction of sp³-hybridized carbons (Fsp3) is 0.382. The highest BCUT2D eigenvalue weighted by Gasteiger charge is 2.30. The molecule has 0 spiro atoms. The molecule has 1 aliphatic carbocycles. The Labute approximate surface area is 248 Å². The first-order valence-corrected chi connectivity index (χ1v) is 14.9. The first-order valence-electron chi connectivity index (χ1n) is 14.9. The van der Waals surface area contributed by atoms with E-state index in [9.17, 15) is 22.8 Å². The fourth-order valence-electron chi connectivity index (χ4n) is 5.83. The number of ether oxygens (including phenoxy) is 1. The molecule has 2 aliphatic rings. The van der Waals surface area contributed by atoms with Crippen molar-refractivity contribution in [2.24, 2.45) is 11.8 Å². The molecule has 1 aliphatic heterocycles. The van der Waals surface area contributed by atoms with Crippen molar-refractivity contribution in [1.29, 1.82) is 0 Å². The molecule has 0 N–H and O–H groups in total. The number of alkyl halides is 3. The van der Waals surface area contributed by atoms with Gasteiger partial charge in [0.2, 0.25) is 0 Å². The average molecular weight is 590 g/mol. The largest absolute Gasteiger partial charge is 0.457 e. The van der Waals surface area contributed by atoms with E-state index in [0.717, 1.165) is 65.9 Å². The maximum atomic E-state index is 13.1. The molecule has 4 aromatic rings. The Kier molecular flexibility index (Phi) is 7.99. The Hall–Kier alpha value is -4.14. The van der Waals surface area contributed by atoms with Crippen molar-refractivity contribution in [1.82, 2.24) is 14.7 Å². The Morgan fingerprint density at radius 3 is 2.16 bits per heavy atom. The summed E-state index contributed by atoms with van der Waals surface area (Å²) in [4.78, 5) is 27.8. The zero-order valence-electron chi connectivity index (χ0n) is 24.1. The number of piperidine rings is 1. The maximum Gasteiger partial charge on any atom is 0.416 e. The summed E-state index contributed by atoms with van der Waals surface area (Å²) in [6, 6.07) is 15.0. The number of aryl methyl sites for hydroxylation is 1. The average Bonchev–Trinajstić information content (AvgIpc) is 3.74. The maximum absolute atomic E-state index is 13.1. The number of carbonyl (C=O) groups is 2. The van der Waals surface area contributed by atoms with Gasteiger partial charge >= 0.3 is 6.18 Å². The number of aromatic nitrogens is 2. The van der Waals surface area contributed by atoms with Crippen molar-refractivity contribution < 1.29 is 27.5 Å². The third-order valence-electron chi connectivity index (χ3n) is 8.65. The number of benzene rings is 3. The molecule has 0 radical (unpaired) electrons. The summed E-state index contributed by atoms with van der Waals surface area (Å²) in [5, 5.41) is 5.79. The lowest BCUT2D eigenvalue weighted by molar-refractivity contribution is -0.137. The quantitative estimate of drug-likeness (QED) is 0.185. The minimum absolute atomic E-state index is 0.0566. The molecule has 0 bridgehead atoms. The fourth-order valence-corrected chi connectivity index (χ4v) is 5.83. The van der Waals surface area contributed by atoms with E-state index in [1.807, 2.05) is 34.8 Å². The number of fused-ring (bicyclic) bond motifs is 1. The van der Waals surface area contributed by atoms with Crippen LogP contribution in [-0.4, -0.2) is 39.5 Å². The van der Waals surface area contributed by atoms with E-state index in [-0.39, 0.29) is 17.4 Å². The molecule has 1 saturated heterocycles. The molecule has 6 rings (SSSR count). The lowest BCUT2D eigenvalue weighted by Gasteiger charge is -2.32. The van der Waals surface area contributed by atoms with Gasteiger partial charge in [0.05, 0.1) is 11.1 Å². The summed E-state index contributed by atoms with van der Waals surface area (Å²) in [5.41, 5.74) is 2.50. The molecular formula is C34H34F3N3O3. The first-order chi connectivity index (χ1) is 20.6. The van der Waals surface area contributed by atoms with Crippen LogP contribution in [0.2, 0.25) is 0 Å². The molecule has 3 aromatic carbocycles. The standard InChI is InChI=1S/C34H34F3N3O3/c1-22-29(32(41)15-4-23-2-3-23)13-14-31-30(22)21-40(38-31)20-24-16-18-39(19-17-24)33(42)25-5-9-27(10-6-25)43-28-11-7-26(8-12-28)34(35,36)37/h5-14,21,23-24H,2-4,15-20H2,1H3. The van der Waals surface area contributed by atoms with Crippen molar-refractivity contribution >= 4 is 22.6 Å². The van der Waals surface area contributed by atoms with E-state index < -0.39 is 11.7 Å². The van der Waals surface area contributed by atoms with Gasteiger partial charge in [0.1, 0.15) is 11.5 Å². The van der Waals surface area contributed by atoms with Crippen molar-refractivity contribution in [3.05, 3.63) is 89.1 Å². The van der Waals surface area contributed by atoms with E-state index in [2.05, 4.69) is 0 Å². The topological polar surface area (TPSA) is 64.4 Å². The van der Waals surface area contributed by atoms with E-state index in [1.165, 1.54) is 25.0 Å². The Morgan fingerprint density at radius 2 is 1.53 bits per heavy atom. The number of Topliss-reactive ketones (excluding diaryl/α,β-unsaturated/α-hetero) is 1. The number of carbonyl (C=O) groups excluding carboxylic acids is 2. The van der Waals surface area contributed by atoms with Gasteiger partial charge in [0, 0.05) is 48.8 Å². The van der Waals surface area contributed by atoms with Crippen molar-refractivity contribution in [2.75, 3.05) is 13.1 Å². The highest BCUT2D eigenvalue weighted by molar-refractivity contribution is 6.01. The van der Waals surface area contributed by atoms with E-state index in [0.29, 0.717) is 36.7 Å². The van der Waals surface area contributed by atoms with Gasteiger partial charge < -0.3 is 9.64 Å². The summed E-state index contributed by atoms with van der Waals surface area (Å²) in [7, 11) is 0. The molecule has 1 saturated carbocycles. The SMILES string of the molecule is Cc1c(C(=O)CCC2CC2)ccc2nn(CC3CCN(C(=O)c4ccc(Oc5ccc(C(F)(F)F)cc5)cc4)CC3)cc12. The normalized spacial score (nSPS) is 16.0. The predicted molar refractivity (Wildman–Crippen MR) is 157 cm³/mol. The Bertz CT molecular complexity index is 1620. The zero-order chi connectivity index (χ0) is 30.1. The van der Waals surface area contributed by atoms with Gasteiger partial charge in [-0.25, -0.2) is 0 Å². The second-order valence-electron chi connectivity index (χ2n) is 11.8. The highest BCUT2D eigenvalue weighted by atomic mass is 19.4. The van der Waals surface area contributed by atoms with Crippen LogP contribution in [0, 0.1) is 18.8 Å². The Morgan fingerprint density at radius 1 is 0.884 bits per heavy atom. The lowest BCUT2D eigenvalue weighted by atomic mass is 9.96. The van der Waals surface area contributed by atoms with E-state index in [1.54, 1.807) is 24.3 Å². The summed E-state index contributed by atoms with van der Waals surface area (Å²) < 4.78 is 46.0. The Balaban J connectivity index is 1.01. The van der Waals surface area contributed by atoms with Crippen LogP contribution in [0.15, 0.2) is 66.9 Å². The molecule has 0 unspecified atom stereocenters. The van der Waals surface area contributed by atoms with Crippen LogP contribution in [0.25, 0.3) is 10.9 Å². The van der Waals surface area contributed by atoms with Gasteiger partial charge in [-0.2, -0.15) is 18.3 Å². The zero-order valence-corrected chi connectivity index (χ0v) is 24.1. The van der Waals surface area contributed by atoms with Crippen LogP contribution in [0.5, 0.6) is 11.5 Å². The summed E-state index contributed by atoms with van der Waals surface area (Å²) >= 11 is 0. The van der Waals surface area contributed by atoms with Crippen molar-refractivity contribution in [3.8, 4) is 11.5 Å². The highest BCUT2D eigenvalue weighted by Crippen LogP contribution is 2.35. The lowest BCUT2D eigenvalue weighted by Crippen LogP contribution is -2.39.